The van der Waals surface area contributed by atoms with E-state index in [9.17, 15) is 13.2 Å². The zero-order chi connectivity index (χ0) is 20.8. The average Bonchev–Trinajstić information content (AvgIpc) is 2.74. The van der Waals surface area contributed by atoms with E-state index in [-0.39, 0.29) is 11.3 Å². The third-order valence-corrected chi connectivity index (χ3v) is 4.90. The molecule has 0 aromatic heterocycles. The molecule has 150 valence electrons. The molecular weight excluding hydrogens is 373 g/mol. The van der Waals surface area contributed by atoms with Gasteiger partial charge < -0.3 is 4.74 Å². The Morgan fingerprint density at radius 3 is 2.00 bits per heavy atom. The van der Waals surface area contributed by atoms with Gasteiger partial charge in [0.1, 0.15) is 0 Å². The van der Waals surface area contributed by atoms with Crippen LogP contribution in [-0.4, -0.2) is 7.11 Å². The van der Waals surface area contributed by atoms with E-state index in [0.717, 1.165) is 24.0 Å². The van der Waals surface area contributed by atoms with Crippen molar-refractivity contribution in [1.82, 2.24) is 0 Å². The summed E-state index contributed by atoms with van der Waals surface area (Å²) in [7, 11) is 1.26. The summed E-state index contributed by atoms with van der Waals surface area (Å²) in [6.45, 7) is 2.01. The average molecular weight is 396 g/mol. The molecule has 0 aliphatic carbocycles. The first-order valence-electron chi connectivity index (χ1n) is 9.50. The predicted molar refractivity (Wildman–Crippen MR) is 112 cm³/mol. The lowest BCUT2D eigenvalue weighted by atomic mass is 9.96. The molecule has 0 heterocycles. The summed E-state index contributed by atoms with van der Waals surface area (Å²) in [5.74, 6) is -1.20. The molecular formula is C25H23F3O. The lowest BCUT2D eigenvalue weighted by Gasteiger charge is -2.13. The standard InChI is InChI=1S/C25H23F3O/c1-3-4-5-6-17-7-9-18(10-8-17)19-11-13-20(14-12-19)21-15-16-22(29-2)24(26)23(21)25(27)28/h3-4,7-16,25H,5-6H2,1-2H3/b4-3+. The van der Waals surface area contributed by atoms with Gasteiger partial charge in [0.05, 0.1) is 12.7 Å². The van der Waals surface area contributed by atoms with Gasteiger partial charge in [0, 0.05) is 0 Å². The van der Waals surface area contributed by atoms with E-state index in [0.29, 0.717) is 5.56 Å². The highest BCUT2D eigenvalue weighted by Crippen LogP contribution is 2.37. The Kier molecular flexibility index (Phi) is 6.76. The van der Waals surface area contributed by atoms with Gasteiger partial charge in [0.25, 0.3) is 6.43 Å². The molecule has 0 spiro atoms. The van der Waals surface area contributed by atoms with Gasteiger partial charge in [0.2, 0.25) is 0 Å². The largest absolute Gasteiger partial charge is 0.494 e. The maximum absolute atomic E-state index is 14.4. The monoisotopic (exact) mass is 396 g/mol. The number of hydrogen-bond acceptors (Lipinski definition) is 1. The quantitative estimate of drug-likeness (QED) is 0.373. The number of hydrogen-bond donors (Lipinski definition) is 0. The van der Waals surface area contributed by atoms with Crippen LogP contribution in [-0.2, 0) is 6.42 Å². The van der Waals surface area contributed by atoms with Crippen LogP contribution < -0.4 is 4.74 Å². The van der Waals surface area contributed by atoms with E-state index in [1.807, 2.05) is 25.1 Å². The van der Waals surface area contributed by atoms with Crippen LogP contribution in [0.1, 0.15) is 30.9 Å². The van der Waals surface area contributed by atoms with E-state index < -0.39 is 17.8 Å². The molecule has 0 aliphatic heterocycles. The summed E-state index contributed by atoms with van der Waals surface area (Å²) in [5.41, 5.74) is 3.35. The Balaban J connectivity index is 1.86. The Morgan fingerprint density at radius 1 is 0.862 bits per heavy atom. The van der Waals surface area contributed by atoms with Crippen molar-refractivity contribution in [2.75, 3.05) is 7.11 Å². The maximum atomic E-state index is 14.4. The van der Waals surface area contributed by atoms with Gasteiger partial charge in [-0.25, -0.2) is 13.2 Å². The van der Waals surface area contributed by atoms with Crippen LogP contribution in [0.4, 0.5) is 13.2 Å². The first-order valence-corrected chi connectivity index (χ1v) is 9.50. The Bertz CT molecular complexity index is 974. The summed E-state index contributed by atoms with van der Waals surface area (Å²) in [6.07, 6.45) is 3.25. The fraction of sp³-hybridized carbons (Fsp3) is 0.200. The number of ether oxygens (including phenoxy) is 1. The molecule has 4 heteroatoms. The van der Waals surface area contributed by atoms with E-state index in [1.165, 1.54) is 24.8 Å². The van der Waals surface area contributed by atoms with Crippen LogP contribution >= 0.6 is 0 Å². The normalized spacial score (nSPS) is 11.4. The molecule has 0 unspecified atom stereocenters. The van der Waals surface area contributed by atoms with Gasteiger partial charge >= 0.3 is 0 Å². The molecule has 0 saturated heterocycles. The molecule has 0 atom stereocenters. The molecule has 3 aromatic carbocycles. The summed E-state index contributed by atoms with van der Waals surface area (Å²) < 4.78 is 46.2. The Labute approximate surface area is 169 Å². The van der Waals surface area contributed by atoms with Crippen LogP contribution in [0.3, 0.4) is 0 Å². The second kappa shape index (κ2) is 9.46. The van der Waals surface area contributed by atoms with Gasteiger partial charge in [-0.2, -0.15) is 0 Å². The third-order valence-electron chi connectivity index (χ3n) is 4.90. The topological polar surface area (TPSA) is 9.23 Å². The first kappa shape index (κ1) is 20.7. The molecule has 0 saturated carbocycles. The molecule has 0 fully saturated rings. The minimum atomic E-state index is -2.94. The molecule has 0 N–H and O–H groups in total. The second-order valence-corrected chi connectivity index (χ2v) is 6.73. The van der Waals surface area contributed by atoms with E-state index >= 15 is 0 Å². The van der Waals surface area contributed by atoms with Crippen LogP contribution in [0.5, 0.6) is 5.75 Å². The fourth-order valence-corrected chi connectivity index (χ4v) is 3.32. The summed E-state index contributed by atoms with van der Waals surface area (Å²) >= 11 is 0. The van der Waals surface area contributed by atoms with Crippen molar-refractivity contribution < 1.29 is 17.9 Å². The number of allylic oxidation sites excluding steroid dienone is 2. The van der Waals surface area contributed by atoms with Gasteiger partial charge in [-0.05, 0) is 59.7 Å². The van der Waals surface area contributed by atoms with Crippen molar-refractivity contribution in [2.45, 2.75) is 26.2 Å². The van der Waals surface area contributed by atoms with Crippen molar-refractivity contribution in [2.24, 2.45) is 0 Å². The van der Waals surface area contributed by atoms with Crippen LogP contribution in [0.25, 0.3) is 22.3 Å². The van der Waals surface area contributed by atoms with Crippen molar-refractivity contribution in [3.63, 3.8) is 0 Å². The van der Waals surface area contributed by atoms with E-state index in [1.54, 1.807) is 12.1 Å². The maximum Gasteiger partial charge on any atom is 0.267 e. The second-order valence-electron chi connectivity index (χ2n) is 6.73. The fourth-order valence-electron chi connectivity index (χ4n) is 3.32. The minimum absolute atomic E-state index is 0.171. The molecule has 0 amide bonds. The first-order chi connectivity index (χ1) is 14.0. The molecule has 29 heavy (non-hydrogen) atoms. The van der Waals surface area contributed by atoms with Crippen LogP contribution in [0.2, 0.25) is 0 Å². The Morgan fingerprint density at radius 2 is 1.45 bits per heavy atom. The molecule has 0 bridgehead atoms. The zero-order valence-corrected chi connectivity index (χ0v) is 16.5. The van der Waals surface area contributed by atoms with Crippen LogP contribution in [0, 0.1) is 5.82 Å². The van der Waals surface area contributed by atoms with Gasteiger partial charge in [-0.15, -0.1) is 0 Å². The lowest BCUT2D eigenvalue weighted by Crippen LogP contribution is -1.99. The van der Waals surface area contributed by atoms with Crippen molar-refractivity contribution in [1.29, 1.82) is 0 Å². The number of rotatable bonds is 7. The van der Waals surface area contributed by atoms with Gasteiger partial charge in [-0.3, -0.25) is 0 Å². The minimum Gasteiger partial charge on any atom is -0.494 e. The third kappa shape index (κ3) is 4.70. The van der Waals surface area contributed by atoms with Crippen molar-refractivity contribution in [3.8, 4) is 28.0 Å². The number of alkyl halides is 2. The molecule has 0 radical (unpaired) electrons. The number of aryl methyl sites for hydroxylation is 1. The SMILES string of the molecule is C/C=C/CCc1ccc(-c2ccc(-c3ccc(OC)c(F)c3C(F)F)cc2)cc1. The van der Waals surface area contributed by atoms with E-state index in [2.05, 4.69) is 30.3 Å². The highest BCUT2D eigenvalue weighted by Gasteiger charge is 2.22. The predicted octanol–water partition coefficient (Wildman–Crippen LogP) is 7.61. The summed E-state index contributed by atoms with van der Waals surface area (Å²) in [4.78, 5) is 0. The lowest BCUT2D eigenvalue weighted by molar-refractivity contribution is 0.146. The number of methoxy groups -OCH3 is 1. The van der Waals surface area contributed by atoms with E-state index in [4.69, 9.17) is 4.74 Å². The number of halogens is 3. The van der Waals surface area contributed by atoms with Crippen molar-refractivity contribution in [3.05, 3.63) is 89.8 Å². The zero-order valence-electron chi connectivity index (χ0n) is 16.5. The van der Waals surface area contributed by atoms with Gasteiger partial charge in [-0.1, -0.05) is 60.7 Å². The summed E-state index contributed by atoms with van der Waals surface area (Å²) in [5, 5.41) is 0. The molecule has 1 nitrogen and oxygen atoms in total. The molecule has 0 aliphatic rings. The highest BCUT2D eigenvalue weighted by molar-refractivity contribution is 5.73. The van der Waals surface area contributed by atoms with Crippen molar-refractivity contribution >= 4 is 0 Å². The van der Waals surface area contributed by atoms with Gasteiger partial charge in [0.15, 0.2) is 11.6 Å². The summed E-state index contributed by atoms with van der Waals surface area (Å²) in [6, 6.07) is 18.3. The highest BCUT2D eigenvalue weighted by atomic mass is 19.3. The molecule has 3 aromatic rings. The van der Waals surface area contributed by atoms with Crippen LogP contribution in [0.15, 0.2) is 72.8 Å². The number of benzene rings is 3. The Hall–Kier alpha value is -3.01. The smallest absolute Gasteiger partial charge is 0.267 e. The molecule has 3 rings (SSSR count).